The molecule has 0 aliphatic heterocycles. The highest BCUT2D eigenvalue weighted by Gasteiger charge is 2.27. The average molecular weight is 290 g/mol. The number of fused-ring (bicyclic) bond motifs is 3. The highest BCUT2D eigenvalue weighted by Crippen LogP contribution is 2.41. The van der Waals surface area contributed by atoms with Crippen LogP contribution < -0.4 is 0 Å². The van der Waals surface area contributed by atoms with E-state index in [0.717, 1.165) is 0 Å². The molecule has 0 aromatic heterocycles. The maximum Gasteiger partial charge on any atom is -0.00650 e. The Balaban J connectivity index is 2.58. The molecular weight excluding hydrogens is 264 g/mol. The summed E-state index contributed by atoms with van der Waals surface area (Å²) in [6.45, 7) is 13.9. The second kappa shape index (κ2) is 4.84. The molecule has 0 atom stereocenters. The summed E-state index contributed by atoms with van der Waals surface area (Å²) in [4.78, 5) is 0. The van der Waals surface area contributed by atoms with Crippen LogP contribution in [0.3, 0.4) is 0 Å². The van der Waals surface area contributed by atoms with Crippen LogP contribution in [-0.2, 0) is 10.8 Å². The molecule has 22 heavy (non-hydrogen) atoms. The SMILES string of the molecule is CC(C)(C)c1ccc2ccc3ccccc3c2c1C(C)(C)C. The summed E-state index contributed by atoms with van der Waals surface area (Å²) in [5, 5.41) is 5.47. The average Bonchev–Trinajstić information content (AvgIpc) is 2.43. The standard InChI is InChI=1S/C22H26/c1-21(2,3)18-14-13-16-12-11-15-9-7-8-10-17(15)19(16)20(18)22(4,5)6/h7-14H,1-6H3. The van der Waals surface area contributed by atoms with Crippen molar-refractivity contribution in [1.29, 1.82) is 0 Å². The molecule has 0 aliphatic rings. The Morgan fingerprint density at radius 1 is 0.591 bits per heavy atom. The van der Waals surface area contributed by atoms with Crippen LogP contribution >= 0.6 is 0 Å². The van der Waals surface area contributed by atoms with Crippen molar-refractivity contribution in [3.05, 3.63) is 59.7 Å². The molecule has 0 bridgehead atoms. The quantitative estimate of drug-likeness (QED) is 0.410. The van der Waals surface area contributed by atoms with Gasteiger partial charge in [0.15, 0.2) is 0 Å². The zero-order valence-electron chi connectivity index (χ0n) is 14.6. The second-order valence-electron chi connectivity index (χ2n) is 8.37. The van der Waals surface area contributed by atoms with E-state index in [2.05, 4.69) is 90.1 Å². The van der Waals surface area contributed by atoms with Crippen molar-refractivity contribution < 1.29 is 0 Å². The highest BCUT2D eigenvalue weighted by molar-refractivity contribution is 6.10. The number of benzene rings is 3. The fraction of sp³-hybridized carbons (Fsp3) is 0.364. The first-order chi connectivity index (χ1) is 10.2. The summed E-state index contributed by atoms with van der Waals surface area (Å²) in [7, 11) is 0. The van der Waals surface area contributed by atoms with Gasteiger partial charge in [0.1, 0.15) is 0 Å². The molecule has 0 nitrogen and oxygen atoms in total. The lowest BCUT2D eigenvalue weighted by atomic mass is 9.72. The second-order valence-corrected chi connectivity index (χ2v) is 8.37. The molecule has 0 heteroatoms. The minimum atomic E-state index is 0.117. The zero-order valence-corrected chi connectivity index (χ0v) is 14.6. The highest BCUT2D eigenvalue weighted by atomic mass is 14.3. The summed E-state index contributed by atoms with van der Waals surface area (Å²) < 4.78 is 0. The molecule has 3 aromatic rings. The van der Waals surface area contributed by atoms with Gasteiger partial charge in [-0.05, 0) is 43.5 Å². The fourth-order valence-corrected chi connectivity index (χ4v) is 3.50. The Kier molecular flexibility index (Phi) is 3.32. The van der Waals surface area contributed by atoms with Crippen molar-refractivity contribution in [1.82, 2.24) is 0 Å². The van der Waals surface area contributed by atoms with Gasteiger partial charge in [0, 0.05) is 0 Å². The van der Waals surface area contributed by atoms with Crippen LogP contribution in [0.5, 0.6) is 0 Å². The van der Waals surface area contributed by atoms with E-state index in [9.17, 15) is 0 Å². The summed E-state index contributed by atoms with van der Waals surface area (Å²) in [6, 6.07) is 17.9. The molecule has 114 valence electrons. The van der Waals surface area contributed by atoms with Gasteiger partial charge in [-0.1, -0.05) is 90.1 Å². The molecule has 0 spiro atoms. The van der Waals surface area contributed by atoms with E-state index < -0.39 is 0 Å². The first-order valence-electron chi connectivity index (χ1n) is 8.15. The van der Waals surface area contributed by atoms with Crippen LogP contribution in [0.4, 0.5) is 0 Å². The van der Waals surface area contributed by atoms with E-state index in [1.165, 1.54) is 32.7 Å². The Morgan fingerprint density at radius 2 is 1.18 bits per heavy atom. The molecule has 0 saturated heterocycles. The van der Waals surface area contributed by atoms with E-state index >= 15 is 0 Å². The van der Waals surface area contributed by atoms with E-state index in [-0.39, 0.29) is 10.8 Å². The van der Waals surface area contributed by atoms with Gasteiger partial charge in [-0.15, -0.1) is 0 Å². The van der Waals surface area contributed by atoms with Crippen LogP contribution in [0.15, 0.2) is 48.5 Å². The lowest BCUT2D eigenvalue weighted by Gasteiger charge is -2.32. The Morgan fingerprint density at radius 3 is 1.82 bits per heavy atom. The fourth-order valence-electron chi connectivity index (χ4n) is 3.50. The van der Waals surface area contributed by atoms with Gasteiger partial charge in [-0.25, -0.2) is 0 Å². The lowest BCUT2D eigenvalue weighted by Crippen LogP contribution is -2.22. The number of hydrogen-bond acceptors (Lipinski definition) is 0. The van der Waals surface area contributed by atoms with Gasteiger partial charge in [-0.3, -0.25) is 0 Å². The first kappa shape index (κ1) is 15.1. The molecule has 0 amide bonds. The lowest BCUT2D eigenvalue weighted by molar-refractivity contribution is 0.535. The summed E-state index contributed by atoms with van der Waals surface area (Å²) in [6.07, 6.45) is 0. The van der Waals surface area contributed by atoms with Crippen LogP contribution in [-0.4, -0.2) is 0 Å². The van der Waals surface area contributed by atoms with Crippen LogP contribution in [0.1, 0.15) is 52.7 Å². The summed E-state index contributed by atoms with van der Waals surface area (Å²) in [5.74, 6) is 0. The van der Waals surface area contributed by atoms with Gasteiger partial charge in [0.05, 0.1) is 0 Å². The molecule has 0 heterocycles. The van der Waals surface area contributed by atoms with Gasteiger partial charge in [-0.2, -0.15) is 0 Å². The molecule has 0 aliphatic carbocycles. The van der Waals surface area contributed by atoms with Crippen molar-refractivity contribution in [3.63, 3.8) is 0 Å². The van der Waals surface area contributed by atoms with E-state index in [0.29, 0.717) is 0 Å². The largest absolute Gasteiger partial charge is 0.0616 e. The minimum Gasteiger partial charge on any atom is -0.0616 e. The van der Waals surface area contributed by atoms with E-state index in [1.54, 1.807) is 0 Å². The minimum absolute atomic E-state index is 0.117. The maximum atomic E-state index is 2.33. The van der Waals surface area contributed by atoms with Gasteiger partial charge in [0.25, 0.3) is 0 Å². The Labute approximate surface area is 134 Å². The van der Waals surface area contributed by atoms with Crippen molar-refractivity contribution >= 4 is 21.5 Å². The normalized spacial score (nSPS) is 13.0. The molecule has 0 fully saturated rings. The first-order valence-corrected chi connectivity index (χ1v) is 8.15. The summed E-state index contributed by atoms with van der Waals surface area (Å²) >= 11 is 0. The predicted molar refractivity (Wildman–Crippen MR) is 98.9 cm³/mol. The topological polar surface area (TPSA) is 0 Å². The third kappa shape index (κ3) is 2.41. The van der Waals surface area contributed by atoms with Crippen molar-refractivity contribution in [2.45, 2.75) is 52.4 Å². The molecular formula is C22H26. The van der Waals surface area contributed by atoms with Gasteiger partial charge in [0.2, 0.25) is 0 Å². The van der Waals surface area contributed by atoms with E-state index in [4.69, 9.17) is 0 Å². The molecule has 0 unspecified atom stereocenters. The van der Waals surface area contributed by atoms with Crippen molar-refractivity contribution in [3.8, 4) is 0 Å². The van der Waals surface area contributed by atoms with E-state index in [1.807, 2.05) is 0 Å². The molecule has 0 saturated carbocycles. The molecule has 3 aromatic carbocycles. The smallest absolute Gasteiger partial charge is 0.00650 e. The number of rotatable bonds is 0. The van der Waals surface area contributed by atoms with Crippen LogP contribution in [0, 0.1) is 0 Å². The van der Waals surface area contributed by atoms with Gasteiger partial charge < -0.3 is 0 Å². The van der Waals surface area contributed by atoms with Crippen molar-refractivity contribution in [2.24, 2.45) is 0 Å². The molecule has 3 rings (SSSR count). The van der Waals surface area contributed by atoms with Crippen molar-refractivity contribution in [2.75, 3.05) is 0 Å². The zero-order chi connectivity index (χ0) is 16.1. The number of hydrogen-bond donors (Lipinski definition) is 0. The summed E-state index contributed by atoms with van der Waals surface area (Å²) in [5.41, 5.74) is 3.22. The third-order valence-corrected chi connectivity index (χ3v) is 4.47. The van der Waals surface area contributed by atoms with Gasteiger partial charge >= 0.3 is 0 Å². The Bertz CT molecular complexity index is 839. The maximum absolute atomic E-state index is 2.33. The third-order valence-electron chi connectivity index (χ3n) is 4.47. The molecule has 0 N–H and O–H groups in total. The Hall–Kier alpha value is -1.82. The predicted octanol–water partition coefficient (Wildman–Crippen LogP) is 6.59. The van der Waals surface area contributed by atoms with Crippen LogP contribution in [0.25, 0.3) is 21.5 Å². The monoisotopic (exact) mass is 290 g/mol. The van der Waals surface area contributed by atoms with Crippen LogP contribution in [0.2, 0.25) is 0 Å². The molecule has 0 radical (unpaired) electrons.